The minimum absolute atomic E-state index is 0.0186. The summed E-state index contributed by atoms with van der Waals surface area (Å²) in [4.78, 5) is 28.0. The van der Waals surface area contributed by atoms with Gasteiger partial charge in [0.1, 0.15) is 11.6 Å². The number of thiazole rings is 1. The predicted octanol–water partition coefficient (Wildman–Crippen LogP) is 2.80. The number of nitrogens with one attached hydrogen (secondary N) is 1. The molecule has 6 nitrogen and oxygen atoms in total. The molecule has 0 radical (unpaired) electrons. The van der Waals surface area contributed by atoms with Gasteiger partial charge in [-0.3, -0.25) is 4.79 Å². The molecule has 2 aromatic rings. The maximum Gasteiger partial charge on any atom is 0.245 e. The predicted molar refractivity (Wildman–Crippen MR) is 91.0 cm³/mol. The summed E-state index contributed by atoms with van der Waals surface area (Å²) in [6.45, 7) is 8.86. The quantitative estimate of drug-likeness (QED) is 0.873. The molecule has 1 fully saturated rings. The molecule has 23 heavy (non-hydrogen) atoms. The number of nitrogens with zero attached hydrogens (tertiary/aromatic N) is 4. The molecule has 1 N–H and O–H groups in total. The van der Waals surface area contributed by atoms with Gasteiger partial charge in [0.15, 0.2) is 5.13 Å². The van der Waals surface area contributed by atoms with E-state index in [9.17, 15) is 4.79 Å². The molecule has 1 atom stereocenters. The lowest BCUT2D eigenvalue weighted by Crippen LogP contribution is -2.26. The van der Waals surface area contributed by atoms with Crippen LogP contribution in [0.15, 0.2) is 24.9 Å². The van der Waals surface area contributed by atoms with Crippen LogP contribution in [0.4, 0.5) is 10.9 Å². The monoisotopic (exact) mass is 329 g/mol. The van der Waals surface area contributed by atoms with Crippen molar-refractivity contribution < 1.29 is 4.79 Å². The lowest BCUT2D eigenvalue weighted by atomic mass is 10.0. The van der Waals surface area contributed by atoms with Gasteiger partial charge in [0.2, 0.25) is 5.91 Å². The highest BCUT2D eigenvalue weighted by molar-refractivity contribution is 7.15. The van der Waals surface area contributed by atoms with Crippen molar-refractivity contribution in [2.75, 3.05) is 18.4 Å². The van der Waals surface area contributed by atoms with Gasteiger partial charge in [0.25, 0.3) is 0 Å². The van der Waals surface area contributed by atoms with Crippen LogP contribution < -0.4 is 5.32 Å². The summed E-state index contributed by atoms with van der Waals surface area (Å²) in [7, 11) is 0. The molecule has 0 aromatic carbocycles. The van der Waals surface area contributed by atoms with Crippen LogP contribution in [0.2, 0.25) is 0 Å². The lowest BCUT2D eigenvalue weighted by molar-refractivity contribution is -0.125. The first-order chi connectivity index (χ1) is 11.0. The maximum absolute atomic E-state index is 11.7. The van der Waals surface area contributed by atoms with Crippen LogP contribution in [0.5, 0.6) is 0 Å². The molecule has 1 unspecified atom stereocenters. The Morgan fingerprint density at radius 3 is 3.00 bits per heavy atom. The highest BCUT2D eigenvalue weighted by atomic mass is 32.1. The first kappa shape index (κ1) is 15.6. The van der Waals surface area contributed by atoms with Crippen molar-refractivity contribution in [3.63, 3.8) is 0 Å². The number of carbonyl (C=O) groups is 1. The minimum atomic E-state index is -0.0186. The van der Waals surface area contributed by atoms with Crippen molar-refractivity contribution >= 4 is 28.2 Å². The topological polar surface area (TPSA) is 71.0 Å². The summed E-state index contributed by atoms with van der Waals surface area (Å²) in [5.41, 5.74) is 0.965. The molecule has 120 valence electrons. The average molecular weight is 329 g/mol. The number of carbonyl (C=O) groups excluding carboxylic acids is 1. The standard InChI is InChI=1S/C16H19N5OS/c1-4-15(22)21-6-5-12(9-21)13-7-14(19-11(3)18-13)20-16-17-8-10(2)23-16/h4,7-8,12H,1,5-6,9H2,2-3H3,(H,17,18,19,20). The largest absolute Gasteiger partial charge is 0.338 e. The number of likely N-dealkylation sites (tertiary alicyclic amines) is 1. The molecule has 3 heterocycles. The number of aromatic nitrogens is 3. The van der Waals surface area contributed by atoms with E-state index in [0.717, 1.165) is 34.5 Å². The Bertz CT molecular complexity index is 742. The Morgan fingerprint density at radius 2 is 2.30 bits per heavy atom. The van der Waals surface area contributed by atoms with Crippen molar-refractivity contribution in [1.82, 2.24) is 19.9 Å². The summed E-state index contributed by atoms with van der Waals surface area (Å²) in [5, 5.41) is 4.05. The number of hydrogen-bond donors (Lipinski definition) is 1. The highest BCUT2D eigenvalue weighted by Gasteiger charge is 2.27. The van der Waals surface area contributed by atoms with Crippen LogP contribution in [0.3, 0.4) is 0 Å². The SMILES string of the molecule is C=CC(=O)N1CCC(c2cc(Nc3ncc(C)s3)nc(C)n2)C1. The van der Waals surface area contributed by atoms with Crippen LogP contribution in [0.25, 0.3) is 0 Å². The third-order valence-electron chi connectivity index (χ3n) is 3.81. The van der Waals surface area contributed by atoms with Gasteiger partial charge in [-0.1, -0.05) is 6.58 Å². The van der Waals surface area contributed by atoms with E-state index in [0.29, 0.717) is 12.4 Å². The molecular weight excluding hydrogens is 310 g/mol. The normalized spacial score (nSPS) is 17.3. The van der Waals surface area contributed by atoms with E-state index >= 15 is 0 Å². The van der Waals surface area contributed by atoms with Crippen molar-refractivity contribution in [3.05, 3.63) is 41.3 Å². The van der Waals surface area contributed by atoms with Crippen molar-refractivity contribution in [1.29, 1.82) is 0 Å². The third-order valence-corrected chi connectivity index (χ3v) is 4.64. The van der Waals surface area contributed by atoms with Crippen LogP contribution in [-0.2, 0) is 4.79 Å². The van der Waals surface area contributed by atoms with E-state index in [-0.39, 0.29) is 11.8 Å². The minimum Gasteiger partial charge on any atom is -0.338 e. The van der Waals surface area contributed by atoms with E-state index in [2.05, 4.69) is 26.8 Å². The molecule has 1 amide bonds. The van der Waals surface area contributed by atoms with Gasteiger partial charge < -0.3 is 10.2 Å². The molecule has 7 heteroatoms. The zero-order valence-electron chi connectivity index (χ0n) is 13.2. The molecule has 0 saturated carbocycles. The first-order valence-corrected chi connectivity index (χ1v) is 8.33. The van der Waals surface area contributed by atoms with E-state index in [1.807, 2.05) is 31.0 Å². The van der Waals surface area contributed by atoms with Crippen LogP contribution in [0.1, 0.15) is 28.7 Å². The summed E-state index contributed by atoms with van der Waals surface area (Å²) in [6, 6.07) is 1.95. The molecule has 1 aliphatic heterocycles. The zero-order valence-corrected chi connectivity index (χ0v) is 14.1. The summed E-state index contributed by atoms with van der Waals surface area (Å²) in [6.07, 6.45) is 4.11. The molecule has 3 rings (SSSR count). The first-order valence-electron chi connectivity index (χ1n) is 7.51. The van der Waals surface area contributed by atoms with E-state index in [1.165, 1.54) is 6.08 Å². The Morgan fingerprint density at radius 1 is 1.48 bits per heavy atom. The van der Waals surface area contributed by atoms with Crippen molar-refractivity contribution in [3.8, 4) is 0 Å². The fraction of sp³-hybridized carbons (Fsp3) is 0.375. The number of aryl methyl sites for hydroxylation is 2. The van der Waals surface area contributed by atoms with E-state index in [4.69, 9.17) is 0 Å². The van der Waals surface area contributed by atoms with Crippen LogP contribution in [0, 0.1) is 13.8 Å². The maximum atomic E-state index is 11.7. The smallest absolute Gasteiger partial charge is 0.245 e. The molecular formula is C16H19N5OS. The second kappa shape index (κ2) is 6.45. The van der Waals surface area contributed by atoms with Gasteiger partial charge in [-0.15, -0.1) is 11.3 Å². The number of rotatable bonds is 4. The van der Waals surface area contributed by atoms with E-state index < -0.39 is 0 Å². The van der Waals surface area contributed by atoms with Crippen molar-refractivity contribution in [2.45, 2.75) is 26.2 Å². The molecule has 0 aliphatic carbocycles. The fourth-order valence-electron chi connectivity index (χ4n) is 2.72. The van der Waals surface area contributed by atoms with Gasteiger partial charge in [-0.05, 0) is 26.3 Å². The zero-order chi connectivity index (χ0) is 16.4. The lowest BCUT2D eigenvalue weighted by Gasteiger charge is -2.14. The Hall–Kier alpha value is -2.28. The fourth-order valence-corrected chi connectivity index (χ4v) is 3.39. The molecule has 1 aliphatic rings. The Labute approximate surface area is 139 Å². The Balaban J connectivity index is 1.78. The second-order valence-electron chi connectivity index (χ2n) is 5.60. The average Bonchev–Trinajstić information content (AvgIpc) is 3.15. The molecule has 0 bridgehead atoms. The number of hydrogen-bond acceptors (Lipinski definition) is 6. The van der Waals surface area contributed by atoms with Gasteiger partial charge >= 0.3 is 0 Å². The van der Waals surface area contributed by atoms with Gasteiger partial charge in [-0.25, -0.2) is 15.0 Å². The molecule has 0 spiro atoms. The highest BCUT2D eigenvalue weighted by Crippen LogP contribution is 2.28. The third kappa shape index (κ3) is 3.56. The summed E-state index contributed by atoms with van der Waals surface area (Å²) >= 11 is 1.59. The van der Waals surface area contributed by atoms with Gasteiger partial charge in [0, 0.05) is 36.1 Å². The van der Waals surface area contributed by atoms with Crippen LogP contribution >= 0.6 is 11.3 Å². The Kier molecular flexibility index (Phi) is 4.38. The second-order valence-corrected chi connectivity index (χ2v) is 6.84. The summed E-state index contributed by atoms with van der Waals surface area (Å²) in [5.74, 6) is 1.68. The number of amides is 1. The van der Waals surface area contributed by atoms with Crippen molar-refractivity contribution in [2.24, 2.45) is 0 Å². The molecule has 1 saturated heterocycles. The van der Waals surface area contributed by atoms with E-state index in [1.54, 1.807) is 11.3 Å². The van der Waals surface area contributed by atoms with Gasteiger partial charge in [0.05, 0.1) is 5.69 Å². The molecule has 2 aromatic heterocycles. The number of anilines is 2. The summed E-state index contributed by atoms with van der Waals surface area (Å²) < 4.78 is 0. The van der Waals surface area contributed by atoms with Crippen LogP contribution in [-0.4, -0.2) is 38.8 Å². The van der Waals surface area contributed by atoms with Gasteiger partial charge in [-0.2, -0.15) is 0 Å².